The Kier molecular flexibility index (Phi) is 4.87. The molecule has 3 aromatic heterocycles. The summed E-state index contributed by atoms with van der Waals surface area (Å²) in [4.78, 5) is 34.3. The number of fused-ring (bicyclic) bond motifs is 2. The maximum atomic E-state index is 13.6. The number of thioether (sulfide) groups is 1. The summed E-state index contributed by atoms with van der Waals surface area (Å²) >= 11 is 1.45. The maximum Gasteiger partial charge on any atom is 0.266 e. The second kappa shape index (κ2) is 7.84. The summed E-state index contributed by atoms with van der Waals surface area (Å²) in [6.07, 6.45) is 3.13. The summed E-state index contributed by atoms with van der Waals surface area (Å²) in [5.41, 5.74) is 3.43. The van der Waals surface area contributed by atoms with E-state index in [0.717, 1.165) is 5.56 Å². The van der Waals surface area contributed by atoms with E-state index in [0.29, 0.717) is 50.2 Å². The Morgan fingerprint density at radius 1 is 1.10 bits per heavy atom. The molecule has 0 aliphatic carbocycles. The van der Waals surface area contributed by atoms with Gasteiger partial charge in [0.05, 0.1) is 35.6 Å². The van der Waals surface area contributed by atoms with Crippen LogP contribution in [-0.2, 0) is 5.75 Å². The molecule has 0 saturated heterocycles. The predicted molar refractivity (Wildman–Crippen MR) is 120 cm³/mol. The number of nitrogens with zero attached hydrogens (tertiary/aromatic N) is 5. The molecular weight excluding hydrogens is 412 g/mol. The van der Waals surface area contributed by atoms with Crippen LogP contribution in [-0.4, -0.2) is 36.6 Å². The van der Waals surface area contributed by atoms with Gasteiger partial charge in [-0.3, -0.25) is 9.36 Å². The summed E-state index contributed by atoms with van der Waals surface area (Å²) in [5.74, 6) is 1.62. The van der Waals surface area contributed by atoms with E-state index in [9.17, 15) is 4.79 Å². The molecule has 0 aliphatic heterocycles. The molecule has 31 heavy (non-hydrogen) atoms. The third kappa shape index (κ3) is 3.42. The van der Waals surface area contributed by atoms with Crippen molar-refractivity contribution < 1.29 is 4.74 Å². The van der Waals surface area contributed by atoms with Crippen LogP contribution in [0, 0.1) is 6.92 Å². The molecule has 5 aromatic rings. The molecule has 0 radical (unpaired) electrons. The highest BCUT2D eigenvalue weighted by atomic mass is 32.2. The number of rotatable bonds is 5. The van der Waals surface area contributed by atoms with Crippen molar-refractivity contribution in [3.63, 3.8) is 0 Å². The van der Waals surface area contributed by atoms with Gasteiger partial charge in [-0.1, -0.05) is 36.0 Å². The standard InChI is InChI=1S/C22H18N6O2S/c1-13-6-5-7-14-19(13)21(29)28(16-8-3-4-9-17(16)30-2)18(25-14)11-31-22-26-15-10-23-12-24-20(15)27-22/h3-10,12H,11H2,1-2H3,(H,23,24,26,27). The Balaban J connectivity index is 1.66. The Morgan fingerprint density at radius 2 is 1.97 bits per heavy atom. The van der Waals surface area contributed by atoms with Gasteiger partial charge in [0.25, 0.3) is 5.56 Å². The molecule has 0 amide bonds. The zero-order valence-electron chi connectivity index (χ0n) is 16.9. The Morgan fingerprint density at radius 3 is 2.81 bits per heavy atom. The number of methoxy groups -OCH3 is 1. The highest BCUT2D eigenvalue weighted by Crippen LogP contribution is 2.27. The van der Waals surface area contributed by atoms with Gasteiger partial charge in [0.15, 0.2) is 10.8 Å². The van der Waals surface area contributed by atoms with E-state index in [-0.39, 0.29) is 5.56 Å². The first-order valence-corrected chi connectivity index (χ1v) is 10.6. The van der Waals surface area contributed by atoms with E-state index in [1.54, 1.807) is 17.9 Å². The molecule has 0 atom stereocenters. The van der Waals surface area contributed by atoms with Crippen LogP contribution < -0.4 is 10.3 Å². The van der Waals surface area contributed by atoms with Gasteiger partial charge in [-0.2, -0.15) is 0 Å². The zero-order valence-corrected chi connectivity index (χ0v) is 17.7. The number of H-pyrrole nitrogens is 1. The van der Waals surface area contributed by atoms with Crippen molar-refractivity contribution in [2.45, 2.75) is 17.8 Å². The van der Waals surface area contributed by atoms with Gasteiger partial charge >= 0.3 is 0 Å². The fourth-order valence-corrected chi connectivity index (χ4v) is 4.33. The summed E-state index contributed by atoms with van der Waals surface area (Å²) in [6, 6.07) is 13.1. The fraction of sp³-hybridized carbons (Fsp3) is 0.136. The number of hydrogen-bond donors (Lipinski definition) is 1. The van der Waals surface area contributed by atoms with Gasteiger partial charge < -0.3 is 9.72 Å². The van der Waals surface area contributed by atoms with Crippen molar-refractivity contribution in [2.24, 2.45) is 0 Å². The van der Waals surface area contributed by atoms with Gasteiger partial charge in [0, 0.05) is 0 Å². The third-order valence-corrected chi connectivity index (χ3v) is 5.85. The lowest BCUT2D eigenvalue weighted by Gasteiger charge is -2.16. The predicted octanol–water partition coefficient (Wildman–Crippen LogP) is 3.66. The average Bonchev–Trinajstić information content (AvgIpc) is 3.21. The molecule has 3 heterocycles. The molecule has 0 fully saturated rings. The lowest BCUT2D eigenvalue weighted by atomic mass is 10.1. The Hall–Kier alpha value is -3.72. The van der Waals surface area contributed by atoms with Crippen molar-refractivity contribution in [3.05, 3.63) is 76.7 Å². The Bertz CT molecular complexity index is 1440. The van der Waals surface area contributed by atoms with E-state index >= 15 is 0 Å². The smallest absolute Gasteiger partial charge is 0.266 e. The van der Waals surface area contributed by atoms with Crippen LogP contribution >= 0.6 is 11.8 Å². The monoisotopic (exact) mass is 430 g/mol. The second-order valence-corrected chi connectivity index (χ2v) is 7.86. The van der Waals surface area contributed by atoms with Crippen LogP contribution in [0.1, 0.15) is 11.4 Å². The second-order valence-electron chi connectivity index (χ2n) is 6.90. The third-order valence-electron chi connectivity index (χ3n) is 4.98. The van der Waals surface area contributed by atoms with E-state index in [1.807, 2.05) is 49.4 Å². The largest absolute Gasteiger partial charge is 0.495 e. The van der Waals surface area contributed by atoms with E-state index < -0.39 is 0 Å². The first kappa shape index (κ1) is 19.3. The lowest BCUT2D eigenvalue weighted by molar-refractivity contribution is 0.412. The zero-order chi connectivity index (χ0) is 21.4. The minimum absolute atomic E-state index is 0.126. The number of aromatic amines is 1. The summed E-state index contributed by atoms with van der Waals surface area (Å²) in [6.45, 7) is 1.92. The van der Waals surface area contributed by atoms with Gasteiger partial charge in [-0.15, -0.1) is 0 Å². The molecule has 0 bridgehead atoms. The molecular formula is C22H18N6O2S. The highest BCUT2D eigenvalue weighted by molar-refractivity contribution is 7.98. The summed E-state index contributed by atoms with van der Waals surface area (Å²) < 4.78 is 7.16. The topological polar surface area (TPSA) is 98.6 Å². The molecule has 9 heteroatoms. The van der Waals surface area contributed by atoms with Crippen LogP contribution in [0.5, 0.6) is 5.75 Å². The molecule has 8 nitrogen and oxygen atoms in total. The van der Waals surface area contributed by atoms with E-state index in [4.69, 9.17) is 9.72 Å². The van der Waals surface area contributed by atoms with Crippen LogP contribution in [0.4, 0.5) is 0 Å². The van der Waals surface area contributed by atoms with Gasteiger partial charge in [-0.25, -0.2) is 19.9 Å². The molecule has 1 N–H and O–H groups in total. The van der Waals surface area contributed by atoms with Crippen molar-refractivity contribution in [3.8, 4) is 11.4 Å². The molecule has 154 valence electrons. The van der Waals surface area contributed by atoms with Gasteiger partial charge in [0.2, 0.25) is 0 Å². The SMILES string of the molecule is COc1ccccc1-n1c(CSc2nc3cncnc3[nH]2)nc2cccc(C)c2c1=O. The number of benzene rings is 2. The van der Waals surface area contributed by atoms with Crippen molar-refractivity contribution in [2.75, 3.05) is 7.11 Å². The minimum atomic E-state index is -0.126. The fourth-order valence-electron chi connectivity index (χ4n) is 3.54. The minimum Gasteiger partial charge on any atom is -0.495 e. The van der Waals surface area contributed by atoms with Crippen LogP contribution in [0.25, 0.3) is 27.8 Å². The maximum absolute atomic E-state index is 13.6. The normalized spacial score (nSPS) is 11.3. The number of aryl methyl sites for hydroxylation is 1. The molecule has 2 aromatic carbocycles. The summed E-state index contributed by atoms with van der Waals surface area (Å²) in [5, 5.41) is 1.28. The number of hydrogen-bond acceptors (Lipinski definition) is 7. The number of imidazole rings is 1. The number of ether oxygens (including phenoxy) is 1. The number of para-hydroxylation sites is 2. The van der Waals surface area contributed by atoms with Crippen molar-refractivity contribution in [1.82, 2.24) is 29.5 Å². The van der Waals surface area contributed by atoms with Crippen molar-refractivity contribution >= 4 is 33.8 Å². The van der Waals surface area contributed by atoms with Crippen molar-refractivity contribution in [1.29, 1.82) is 0 Å². The quantitative estimate of drug-likeness (QED) is 0.425. The van der Waals surface area contributed by atoms with Crippen LogP contribution in [0.2, 0.25) is 0 Å². The number of aromatic nitrogens is 6. The molecule has 0 unspecified atom stereocenters. The number of nitrogens with one attached hydrogen (secondary N) is 1. The summed E-state index contributed by atoms with van der Waals surface area (Å²) in [7, 11) is 1.59. The molecule has 0 saturated carbocycles. The van der Waals surface area contributed by atoms with Crippen LogP contribution in [0.15, 0.2) is 64.9 Å². The molecule has 5 rings (SSSR count). The molecule has 0 aliphatic rings. The van der Waals surface area contributed by atoms with E-state index in [1.165, 1.54) is 18.1 Å². The van der Waals surface area contributed by atoms with Crippen LogP contribution in [0.3, 0.4) is 0 Å². The first-order valence-electron chi connectivity index (χ1n) is 9.59. The van der Waals surface area contributed by atoms with Gasteiger partial charge in [-0.05, 0) is 30.7 Å². The lowest BCUT2D eigenvalue weighted by Crippen LogP contribution is -2.24. The average molecular weight is 430 g/mol. The first-order chi connectivity index (χ1) is 15.2. The van der Waals surface area contributed by atoms with E-state index in [2.05, 4.69) is 19.9 Å². The molecule has 0 spiro atoms. The Labute approximate surface area is 181 Å². The van der Waals surface area contributed by atoms with Gasteiger partial charge in [0.1, 0.15) is 23.4 Å². The highest BCUT2D eigenvalue weighted by Gasteiger charge is 2.17.